The van der Waals surface area contributed by atoms with Crippen LogP contribution in [0.1, 0.15) is 16.2 Å². The van der Waals surface area contributed by atoms with E-state index in [2.05, 4.69) is 10.5 Å². The third-order valence-corrected chi connectivity index (χ3v) is 2.09. The number of aromatic nitrogens is 1. The second-order valence-corrected chi connectivity index (χ2v) is 3.53. The van der Waals surface area contributed by atoms with Gasteiger partial charge in [-0.1, -0.05) is 5.16 Å². The zero-order valence-corrected chi connectivity index (χ0v) is 9.03. The first-order valence-corrected chi connectivity index (χ1v) is 4.86. The van der Waals surface area contributed by atoms with Crippen LogP contribution in [0.4, 0.5) is 15.8 Å². The Kier molecular flexibility index (Phi) is 2.78. The number of nitrogens with one attached hydrogen (secondary N) is 1. The molecule has 0 saturated heterocycles. The smallest absolute Gasteiger partial charge is 0.294 e. The Hall–Kier alpha value is -2.37. The van der Waals surface area contributed by atoms with Crippen LogP contribution in [0, 0.1) is 12.7 Å². The molecule has 0 atom stereocenters. The Labute approximate surface area is 96.4 Å². The van der Waals surface area contributed by atoms with E-state index in [0.29, 0.717) is 11.4 Å². The Morgan fingerprint density at radius 1 is 1.47 bits per heavy atom. The number of anilines is 2. The molecule has 0 radical (unpaired) electrons. The van der Waals surface area contributed by atoms with Crippen LogP contribution in [-0.4, -0.2) is 11.1 Å². The molecule has 6 heteroatoms. The number of hydrogen-bond donors (Lipinski definition) is 2. The van der Waals surface area contributed by atoms with E-state index in [1.165, 1.54) is 24.3 Å². The molecule has 0 fully saturated rings. The van der Waals surface area contributed by atoms with Gasteiger partial charge in [0.25, 0.3) is 5.91 Å². The average molecular weight is 235 g/mol. The van der Waals surface area contributed by atoms with Gasteiger partial charge in [-0.05, 0) is 25.1 Å². The number of nitrogens with zero attached hydrogens (tertiary/aromatic N) is 1. The van der Waals surface area contributed by atoms with Gasteiger partial charge < -0.3 is 15.6 Å². The topological polar surface area (TPSA) is 81.2 Å². The van der Waals surface area contributed by atoms with Crippen molar-refractivity contribution in [2.24, 2.45) is 0 Å². The molecule has 17 heavy (non-hydrogen) atoms. The van der Waals surface area contributed by atoms with Gasteiger partial charge >= 0.3 is 0 Å². The average Bonchev–Trinajstić information content (AvgIpc) is 2.70. The SMILES string of the molecule is Cc1cc(C(=O)Nc2cc(N)ccc2F)on1. The van der Waals surface area contributed by atoms with Crippen molar-refractivity contribution in [2.45, 2.75) is 6.92 Å². The standard InChI is InChI=1S/C11H10FN3O2/c1-6-4-10(17-15-6)11(16)14-9-5-7(13)2-3-8(9)12/h2-5H,13H2,1H3,(H,14,16). The third-order valence-electron chi connectivity index (χ3n) is 2.09. The first-order chi connectivity index (χ1) is 8.06. The quantitative estimate of drug-likeness (QED) is 0.779. The minimum atomic E-state index is -0.574. The Morgan fingerprint density at radius 2 is 2.24 bits per heavy atom. The van der Waals surface area contributed by atoms with E-state index in [9.17, 15) is 9.18 Å². The number of nitrogen functional groups attached to an aromatic ring is 1. The third kappa shape index (κ3) is 2.41. The normalized spacial score (nSPS) is 10.2. The minimum Gasteiger partial charge on any atom is -0.399 e. The first-order valence-electron chi connectivity index (χ1n) is 4.86. The maximum Gasteiger partial charge on any atom is 0.294 e. The molecule has 1 aromatic heterocycles. The Morgan fingerprint density at radius 3 is 2.88 bits per heavy atom. The summed E-state index contributed by atoms with van der Waals surface area (Å²) in [6, 6.07) is 5.37. The number of rotatable bonds is 2. The van der Waals surface area contributed by atoms with Crippen LogP contribution in [0.5, 0.6) is 0 Å². The highest BCUT2D eigenvalue weighted by Gasteiger charge is 2.13. The van der Waals surface area contributed by atoms with Crippen molar-refractivity contribution in [1.82, 2.24) is 5.16 Å². The van der Waals surface area contributed by atoms with Crippen LogP contribution in [0.25, 0.3) is 0 Å². The van der Waals surface area contributed by atoms with E-state index >= 15 is 0 Å². The predicted octanol–water partition coefficient (Wildman–Crippen LogP) is 1.96. The zero-order valence-electron chi connectivity index (χ0n) is 9.03. The summed E-state index contributed by atoms with van der Waals surface area (Å²) in [5, 5.41) is 5.92. The molecule has 0 spiro atoms. The fraction of sp³-hybridized carbons (Fsp3) is 0.0909. The molecule has 0 bridgehead atoms. The molecule has 0 aliphatic heterocycles. The summed E-state index contributed by atoms with van der Waals surface area (Å²) in [5.41, 5.74) is 6.43. The number of halogens is 1. The van der Waals surface area contributed by atoms with E-state index in [0.717, 1.165) is 0 Å². The summed E-state index contributed by atoms with van der Waals surface area (Å²) in [4.78, 5) is 11.6. The van der Waals surface area contributed by atoms with Crippen molar-refractivity contribution >= 4 is 17.3 Å². The lowest BCUT2D eigenvalue weighted by atomic mass is 10.2. The van der Waals surface area contributed by atoms with Gasteiger partial charge in [-0.15, -0.1) is 0 Å². The van der Waals surface area contributed by atoms with Crippen LogP contribution in [-0.2, 0) is 0 Å². The monoisotopic (exact) mass is 235 g/mol. The number of aryl methyl sites for hydroxylation is 1. The first kappa shape index (κ1) is 11.1. The zero-order chi connectivity index (χ0) is 12.4. The molecule has 88 valence electrons. The van der Waals surface area contributed by atoms with Crippen LogP contribution >= 0.6 is 0 Å². The molecule has 0 unspecified atom stereocenters. The number of carbonyl (C=O) groups is 1. The molecule has 0 aliphatic rings. The number of benzene rings is 1. The number of amides is 1. The van der Waals surface area contributed by atoms with E-state index in [-0.39, 0.29) is 11.4 Å². The summed E-state index contributed by atoms with van der Waals surface area (Å²) >= 11 is 0. The highest BCUT2D eigenvalue weighted by molar-refractivity contribution is 6.02. The summed E-state index contributed by atoms with van der Waals surface area (Å²) < 4.78 is 18.1. The second-order valence-electron chi connectivity index (χ2n) is 3.53. The molecule has 0 saturated carbocycles. The minimum absolute atomic E-state index is 0.00375. The molecule has 1 aromatic carbocycles. The van der Waals surface area contributed by atoms with Gasteiger partial charge in [0.05, 0.1) is 11.4 Å². The lowest BCUT2D eigenvalue weighted by molar-refractivity contribution is 0.0987. The van der Waals surface area contributed by atoms with E-state index in [1.807, 2.05) is 0 Å². The highest BCUT2D eigenvalue weighted by Crippen LogP contribution is 2.18. The largest absolute Gasteiger partial charge is 0.399 e. The molecule has 2 rings (SSSR count). The molecule has 1 heterocycles. The predicted molar refractivity (Wildman–Crippen MR) is 60.0 cm³/mol. The molecule has 2 aromatic rings. The second kappa shape index (κ2) is 4.25. The summed E-state index contributed by atoms with van der Waals surface area (Å²) in [6.07, 6.45) is 0. The lowest BCUT2D eigenvalue weighted by Gasteiger charge is -2.04. The molecule has 0 aliphatic carbocycles. The maximum absolute atomic E-state index is 13.3. The van der Waals surface area contributed by atoms with Crippen LogP contribution in [0.15, 0.2) is 28.8 Å². The molecule has 5 nitrogen and oxygen atoms in total. The van der Waals surface area contributed by atoms with Gasteiger partial charge in [0.15, 0.2) is 0 Å². The Bertz CT molecular complexity index is 566. The van der Waals surface area contributed by atoms with Crippen LogP contribution in [0.2, 0.25) is 0 Å². The number of carbonyl (C=O) groups excluding carboxylic acids is 1. The van der Waals surface area contributed by atoms with Crippen molar-refractivity contribution in [3.63, 3.8) is 0 Å². The molecular formula is C11H10FN3O2. The Balaban J connectivity index is 2.21. The fourth-order valence-corrected chi connectivity index (χ4v) is 1.29. The van der Waals surface area contributed by atoms with Crippen molar-refractivity contribution < 1.29 is 13.7 Å². The van der Waals surface area contributed by atoms with E-state index in [1.54, 1.807) is 6.92 Å². The summed E-state index contributed by atoms with van der Waals surface area (Å²) in [5.74, 6) is -1.12. The summed E-state index contributed by atoms with van der Waals surface area (Å²) in [7, 11) is 0. The van der Waals surface area contributed by atoms with Gasteiger partial charge in [-0.2, -0.15) is 0 Å². The van der Waals surface area contributed by atoms with Crippen molar-refractivity contribution in [1.29, 1.82) is 0 Å². The maximum atomic E-state index is 13.3. The molecule has 3 N–H and O–H groups in total. The van der Waals surface area contributed by atoms with Gasteiger partial charge in [-0.3, -0.25) is 4.79 Å². The molecular weight excluding hydrogens is 225 g/mol. The highest BCUT2D eigenvalue weighted by atomic mass is 19.1. The van der Waals surface area contributed by atoms with Gasteiger partial charge in [-0.25, -0.2) is 4.39 Å². The molecule has 1 amide bonds. The van der Waals surface area contributed by atoms with Crippen LogP contribution < -0.4 is 11.1 Å². The van der Waals surface area contributed by atoms with Gasteiger partial charge in [0.1, 0.15) is 5.82 Å². The summed E-state index contributed by atoms with van der Waals surface area (Å²) in [6.45, 7) is 1.68. The van der Waals surface area contributed by atoms with Gasteiger partial charge in [0.2, 0.25) is 5.76 Å². The van der Waals surface area contributed by atoms with Crippen LogP contribution in [0.3, 0.4) is 0 Å². The van der Waals surface area contributed by atoms with Crippen molar-refractivity contribution in [3.8, 4) is 0 Å². The van der Waals surface area contributed by atoms with E-state index in [4.69, 9.17) is 10.3 Å². The number of hydrogen-bond acceptors (Lipinski definition) is 4. The van der Waals surface area contributed by atoms with E-state index < -0.39 is 11.7 Å². The number of nitrogens with two attached hydrogens (primary N) is 1. The lowest BCUT2D eigenvalue weighted by Crippen LogP contribution is -2.12. The van der Waals surface area contributed by atoms with Crippen molar-refractivity contribution in [3.05, 3.63) is 41.5 Å². The fourth-order valence-electron chi connectivity index (χ4n) is 1.29. The van der Waals surface area contributed by atoms with Crippen molar-refractivity contribution in [2.75, 3.05) is 11.1 Å². The van der Waals surface area contributed by atoms with Gasteiger partial charge in [0, 0.05) is 11.8 Å².